The summed E-state index contributed by atoms with van der Waals surface area (Å²) in [5.41, 5.74) is 0.905. The second kappa shape index (κ2) is 31.8. The van der Waals surface area contributed by atoms with Crippen molar-refractivity contribution in [3.63, 3.8) is 0 Å². The maximum Gasteiger partial charge on any atom is 0.264 e. The molecule has 360 valence electrons. The Bertz CT molecular complexity index is 1470. The fourth-order valence-corrected chi connectivity index (χ4v) is 6.82. The summed E-state index contributed by atoms with van der Waals surface area (Å²) in [7, 11) is -1.72. The van der Waals surface area contributed by atoms with Gasteiger partial charge in [0.15, 0.2) is 8.32 Å². The molecule has 63 heavy (non-hydrogen) atoms. The highest BCUT2D eigenvalue weighted by Crippen LogP contribution is 2.36. The summed E-state index contributed by atoms with van der Waals surface area (Å²) in [5, 5.41) is 5.54. The van der Waals surface area contributed by atoms with Gasteiger partial charge in [0.25, 0.3) is 11.8 Å². The summed E-state index contributed by atoms with van der Waals surface area (Å²) >= 11 is 0. The maximum absolute atomic E-state index is 13.2. The van der Waals surface area contributed by atoms with Crippen LogP contribution in [0.1, 0.15) is 54.3 Å². The van der Waals surface area contributed by atoms with E-state index in [0.717, 1.165) is 4.90 Å². The summed E-state index contributed by atoms with van der Waals surface area (Å²) in [6.45, 7) is 22.5. The third-order valence-electron chi connectivity index (χ3n) is 10.2. The first-order chi connectivity index (χ1) is 30.4. The number of anilines is 1. The first-order valence-corrected chi connectivity index (χ1v) is 24.9. The molecule has 1 aromatic rings. The lowest BCUT2D eigenvalue weighted by molar-refractivity contribution is -0.136. The van der Waals surface area contributed by atoms with Gasteiger partial charge in [-0.3, -0.25) is 29.4 Å². The van der Waals surface area contributed by atoms with E-state index in [-0.39, 0.29) is 29.0 Å². The monoisotopic (exact) mass is 915 g/mol. The lowest BCUT2D eigenvalue weighted by atomic mass is 10.0. The number of benzene rings is 1. The predicted octanol–water partition coefficient (Wildman–Crippen LogP) is 2.70. The first-order valence-electron chi connectivity index (χ1n) is 22.0. The molecule has 20 heteroatoms. The van der Waals surface area contributed by atoms with Gasteiger partial charge in [0, 0.05) is 18.7 Å². The molecule has 0 aliphatic carbocycles. The summed E-state index contributed by atoms with van der Waals surface area (Å²) < 4.78 is 66.9. The van der Waals surface area contributed by atoms with Crippen molar-refractivity contribution in [2.24, 2.45) is 0 Å². The van der Waals surface area contributed by atoms with E-state index in [1.165, 1.54) is 0 Å². The zero-order chi connectivity index (χ0) is 45.6. The molecule has 1 fully saturated rings. The molecule has 2 N–H and O–H groups in total. The number of rotatable bonds is 39. The van der Waals surface area contributed by atoms with E-state index in [4.69, 9.17) is 56.5 Å². The second-order valence-electron chi connectivity index (χ2n) is 15.9. The van der Waals surface area contributed by atoms with Gasteiger partial charge in [-0.25, -0.2) is 0 Å². The molecular formula is C43H73N3O16Si. The quantitative estimate of drug-likeness (QED) is 0.0553. The average molecular weight is 916 g/mol. The van der Waals surface area contributed by atoms with Crippen LogP contribution in [0.15, 0.2) is 18.2 Å². The molecule has 0 saturated carbocycles. The molecule has 1 unspecified atom stereocenters. The van der Waals surface area contributed by atoms with Gasteiger partial charge in [-0.15, -0.1) is 0 Å². The van der Waals surface area contributed by atoms with Gasteiger partial charge in [0.05, 0.1) is 163 Å². The summed E-state index contributed by atoms with van der Waals surface area (Å²) in [6.07, 6.45) is 0.167. The molecular weight excluding hydrogens is 843 g/mol. The van der Waals surface area contributed by atoms with E-state index < -0.39 is 38.0 Å². The van der Waals surface area contributed by atoms with Crippen molar-refractivity contribution in [1.29, 1.82) is 0 Å². The first kappa shape index (κ1) is 54.4. The number of hydrogen-bond acceptors (Lipinski definition) is 17. The lowest BCUT2D eigenvalue weighted by Crippen LogP contribution is -2.54. The largest absolute Gasteiger partial charge is 0.414 e. The Morgan fingerprint density at radius 1 is 0.571 bits per heavy atom. The van der Waals surface area contributed by atoms with E-state index in [1.807, 2.05) is 0 Å². The normalized spacial score (nSPS) is 15.7. The fourth-order valence-electron chi connectivity index (χ4n) is 5.79. The van der Waals surface area contributed by atoms with Crippen molar-refractivity contribution in [3.8, 4) is 0 Å². The van der Waals surface area contributed by atoms with Crippen LogP contribution in [0.4, 0.5) is 5.69 Å². The van der Waals surface area contributed by atoms with E-state index in [9.17, 15) is 19.2 Å². The van der Waals surface area contributed by atoms with Crippen LogP contribution in [0.2, 0.25) is 18.1 Å². The number of carbonyl (C=O) groups is 4. The number of fused-ring (bicyclic) bond motifs is 1. The molecule has 3 rings (SSSR count). The molecule has 19 nitrogen and oxygen atoms in total. The number of carbonyl (C=O) groups excluding carboxylic acids is 4. The van der Waals surface area contributed by atoms with Gasteiger partial charge in [-0.05, 0) is 36.7 Å². The Labute approximate surface area is 373 Å². The minimum atomic E-state index is -1.72. The third kappa shape index (κ3) is 21.7. The highest BCUT2D eigenvalue weighted by Gasteiger charge is 2.45. The minimum Gasteiger partial charge on any atom is -0.414 e. The van der Waals surface area contributed by atoms with Gasteiger partial charge >= 0.3 is 0 Å². The van der Waals surface area contributed by atoms with Crippen LogP contribution in [-0.2, 0) is 66.1 Å². The van der Waals surface area contributed by atoms with E-state index in [1.54, 1.807) is 18.2 Å². The van der Waals surface area contributed by atoms with Crippen molar-refractivity contribution >= 4 is 37.6 Å². The number of imide groups is 2. The van der Waals surface area contributed by atoms with Gasteiger partial charge in [-0.1, -0.05) is 26.8 Å². The van der Waals surface area contributed by atoms with Crippen molar-refractivity contribution < 1.29 is 75.7 Å². The third-order valence-corrected chi connectivity index (χ3v) is 14.8. The zero-order valence-corrected chi connectivity index (χ0v) is 39.2. The maximum atomic E-state index is 13.2. The average Bonchev–Trinajstić information content (AvgIpc) is 3.50. The van der Waals surface area contributed by atoms with Gasteiger partial charge < -0.3 is 61.8 Å². The molecule has 1 saturated heterocycles. The lowest BCUT2D eigenvalue weighted by Gasteiger charge is -2.36. The number of piperidine rings is 1. The van der Waals surface area contributed by atoms with Crippen molar-refractivity contribution in [1.82, 2.24) is 10.2 Å². The van der Waals surface area contributed by atoms with Crippen molar-refractivity contribution in [2.45, 2.75) is 57.8 Å². The fraction of sp³-hybridized carbons (Fsp3) is 0.767. The van der Waals surface area contributed by atoms with Gasteiger partial charge in [0.2, 0.25) is 11.8 Å². The molecule has 0 aromatic heterocycles. The van der Waals surface area contributed by atoms with Crippen LogP contribution in [-0.4, -0.2) is 201 Å². The minimum absolute atomic E-state index is 0.0644. The molecule has 1 aromatic carbocycles. The van der Waals surface area contributed by atoms with E-state index in [2.05, 4.69) is 44.5 Å². The van der Waals surface area contributed by atoms with E-state index in [0.29, 0.717) is 164 Å². The molecule has 2 aliphatic rings. The Morgan fingerprint density at radius 3 is 1.33 bits per heavy atom. The van der Waals surface area contributed by atoms with Crippen LogP contribution in [0.5, 0.6) is 0 Å². The Balaban J connectivity index is 0.972. The van der Waals surface area contributed by atoms with E-state index >= 15 is 0 Å². The second-order valence-corrected chi connectivity index (χ2v) is 20.8. The molecule has 2 heterocycles. The molecule has 2 aliphatic heterocycles. The van der Waals surface area contributed by atoms with Crippen molar-refractivity contribution in [2.75, 3.05) is 164 Å². The SMILES string of the molecule is CC(C)(C)[Si](C)(C)OCCOCCOCCOCCOCCOCCOCCOCCOCCOCCOCCOCCNc1cccc2c1C(=O)N(C1CCC(=O)NC1=O)C2=O. The van der Waals surface area contributed by atoms with Gasteiger partial charge in [-0.2, -0.15) is 0 Å². The number of hydrogen-bond donors (Lipinski definition) is 2. The highest BCUT2D eigenvalue weighted by atomic mass is 28.4. The summed E-state index contributed by atoms with van der Waals surface area (Å²) in [5.74, 6) is -2.17. The molecule has 0 spiro atoms. The van der Waals surface area contributed by atoms with Crippen LogP contribution >= 0.6 is 0 Å². The summed E-state index contributed by atoms with van der Waals surface area (Å²) in [4.78, 5) is 50.9. The number of amides is 4. The highest BCUT2D eigenvalue weighted by molar-refractivity contribution is 6.74. The van der Waals surface area contributed by atoms with Crippen LogP contribution < -0.4 is 10.6 Å². The Hall–Kier alpha value is -2.96. The Morgan fingerprint density at radius 2 is 0.952 bits per heavy atom. The number of ether oxygens (including phenoxy) is 11. The number of nitrogens with one attached hydrogen (secondary N) is 2. The van der Waals surface area contributed by atoms with Crippen LogP contribution in [0.25, 0.3) is 0 Å². The molecule has 0 bridgehead atoms. The Kier molecular flexibility index (Phi) is 27.5. The predicted molar refractivity (Wildman–Crippen MR) is 234 cm³/mol. The zero-order valence-electron chi connectivity index (χ0n) is 38.2. The number of nitrogens with zero attached hydrogens (tertiary/aromatic N) is 1. The van der Waals surface area contributed by atoms with Crippen LogP contribution in [0.3, 0.4) is 0 Å². The standard InChI is InChI=1S/C43H73N3O16Si/c1-43(2,3)63(4,5)62-34-33-61-32-31-60-30-29-59-28-27-58-26-25-57-24-23-56-22-21-55-20-19-54-18-17-53-16-15-52-14-13-51-12-11-44-36-8-6-7-35-39(36)42(50)46(41(35)49)37-9-10-38(47)45-40(37)48/h6-8,37,44H,9-34H2,1-5H3,(H,45,47,48). The van der Waals surface area contributed by atoms with Crippen LogP contribution in [0, 0.1) is 0 Å². The van der Waals surface area contributed by atoms with Gasteiger partial charge in [0.1, 0.15) is 6.04 Å². The molecule has 4 amide bonds. The summed E-state index contributed by atoms with van der Waals surface area (Å²) in [6, 6.07) is 3.90. The molecule has 1 atom stereocenters. The smallest absolute Gasteiger partial charge is 0.264 e. The topological polar surface area (TPSA) is 206 Å². The van der Waals surface area contributed by atoms with Crippen molar-refractivity contribution in [3.05, 3.63) is 29.3 Å². The molecule has 0 radical (unpaired) electrons.